The Kier molecular flexibility index (Phi) is 6.53. The van der Waals surface area contributed by atoms with Crippen LogP contribution in [0.2, 0.25) is 0 Å². The molecule has 0 heterocycles. The van der Waals surface area contributed by atoms with Crippen LogP contribution in [0.3, 0.4) is 0 Å². The van der Waals surface area contributed by atoms with Crippen molar-refractivity contribution in [1.82, 2.24) is 5.32 Å². The third-order valence-electron chi connectivity index (χ3n) is 3.73. The van der Waals surface area contributed by atoms with E-state index in [0.717, 1.165) is 31.4 Å². The van der Waals surface area contributed by atoms with Crippen molar-refractivity contribution in [3.63, 3.8) is 0 Å². The Morgan fingerprint density at radius 2 is 1.70 bits per heavy atom. The minimum Gasteiger partial charge on any atom is -0.314 e. The lowest BCUT2D eigenvalue weighted by atomic mass is 9.90. The van der Waals surface area contributed by atoms with Gasteiger partial charge >= 0.3 is 6.18 Å². The van der Waals surface area contributed by atoms with Crippen LogP contribution in [0.4, 0.5) is 13.2 Å². The first kappa shape index (κ1) is 17.0. The molecule has 4 heteroatoms. The van der Waals surface area contributed by atoms with Crippen LogP contribution in [0.15, 0.2) is 24.3 Å². The summed E-state index contributed by atoms with van der Waals surface area (Å²) < 4.78 is 37.5. The predicted molar refractivity (Wildman–Crippen MR) is 76.7 cm³/mol. The first-order chi connectivity index (χ1) is 9.38. The standard InChI is InChI=1S/C16H24F3N/c1-4-10-20-12(3)14(5-2)11-13-6-8-15(9-7-13)16(17,18)19/h6-9,12,14,20H,4-5,10-11H2,1-3H3. The van der Waals surface area contributed by atoms with Gasteiger partial charge in [-0.3, -0.25) is 0 Å². The fraction of sp³-hybridized carbons (Fsp3) is 0.625. The SMILES string of the molecule is CCCNC(C)C(CC)Cc1ccc(C(F)(F)F)cc1. The highest BCUT2D eigenvalue weighted by Crippen LogP contribution is 2.29. The van der Waals surface area contributed by atoms with Crippen molar-refractivity contribution in [2.24, 2.45) is 5.92 Å². The maximum Gasteiger partial charge on any atom is 0.416 e. The second-order valence-electron chi connectivity index (χ2n) is 5.31. The third kappa shape index (κ3) is 5.16. The first-order valence-electron chi connectivity index (χ1n) is 7.28. The molecule has 0 radical (unpaired) electrons. The Hall–Kier alpha value is -1.03. The molecule has 1 N–H and O–H groups in total. The molecule has 0 fully saturated rings. The van der Waals surface area contributed by atoms with Crippen molar-refractivity contribution in [1.29, 1.82) is 0 Å². The van der Waals surface area contributed by atoms with Crippen molar-refractivity contribution in [3.05, 3.63) is 35.4 Å². The average Bonchev–Trinajstić information content (AvgIpc) is 2.41. The van der Waals surface area contributed by atoms with E-state index in [0.29, 0.717) is 12.0 Å². The molecule has 1 aromatic rings. The van der Waals surface area contributed by atoms with E-state index in [1.54, 1.807) is 12.1 Å². The Morgan fingerprint density at radius 1 is 1.10 bits per heavy atom. The van der Waals surface area contributed by atoms with E-state index < -0.39 is 11.7 Å². The number of alkyl halides is 3. The highest BCUT2D eigenvalue weighted by molar-refractivity contribution is 5.25. The molecule has 1 aromatic carbocycles. The molecule has 0 aliphatic heterocycles. The van der Waals surface area contributed by atoms with Gasteiger partial charge in [0.25, 0.3) is 0 Å². The summed E-state index contributed by atoms with van der Waals surface area (Å²) in [6, 6.07) is 5.91. The van der Waals surface area contributed by atoms with Crippen molar-refractivity contribution in [3.8, 4) is 0 Å². The van der Waals surface area contributed by atoms with Gasteiger partial charge in [0.1, 0.15) is 0 Å². The lowest BCUT2D eigenvalue weighted by Crippen LogP contribution is -2.34. The van der Waals surface area contributed by atoms with Gasteiger partial charge in [-0.15, -0.1) is 0 Å². The third-order valence-corrected chi connectivity index (χ3v) is 3.73. The first-order valence-corrected chi connectivity index (χ1v) is 7.28. The van der Waals surface area contributed by atoms with E-state index in [9.17, 15) is 13.2 Å². The molecule has 0 aromatic heterocycles. The van der Waals surface area contributed by atoms with Crippen LogP contribution in [0.25, 0.3) is 0 Å². The highest BCUT2D eigenvalue weighted by atomic mass is 19.4. The number of hydrogen-bond acceptors (Lipinski definition) is 1. The van der Waals surface area contributed by atoms with Crippen LogP contribution in [-0.4, -0.2) is 12.6 Å². The summed E-state index contributed by atoms with van der Waals surface area (Å²) in [4.78, 5) is 0. The molecule has 1 rings (SSSR count). The Balaban J connectivity index is 2.66. The van der Waals surface area contributed by atoms with Crippen LogP contribution in [0.1, 0.15) is 44.7 Å². The Morgan fingerprint density at radius 3 is 2.15 bits per heavy atom. The molecule has 114 valence electrons. The van der Waals surface area contributed by atoms with Crippen LogP contribution in [0, 0.1) is 5.92 Å². The number of benzene rings is 1. The van der Waals surface area contributed by atoms with Gasteiger partial charge in [0.05, 0.1) is 5.56 Å². The summed E-state index contributed by atoms with van der Waals surface area (Å²) in [7, 11) is 0. The maximum absolute atomic E-state index is 12.5. The van der Waals surface area contributed by atoms with E-state index in [2.05, 4.69) is 26.1 Å². The molecule has 0 bridgehead atoms. The summed E-state index contributed by atoms with van der Waals surface area (Å²) in [5, 5.41) is 3.46. The molecular weight excluding hydrogens is 263 g/mol. The van der Waals surface area contributed by atoms with Crippen molar-refractivity contribution in [2.45, 2.75) is 52.3 Å². The molecule has 20 heavy (non-hydrogen) atoms. The van der Waals surface area contributed by atoms with E-state index in [-0.39, 0.29) is 0 Å². The molecule has 0 saturated carbocycles. The second-order valence-corrected chi connectivity index (χ2v) is 5.31. The smallest absolute Gasteiger partial charge is 0.314 e. The van der Waals surface area contributed by atoms with Gasteiger partial charge in [0.2, 0.25) is 0 Å². The predicted octanol–water partition coefficient (Wildman–Crippen LogP) is 4.66. The zero-order valence-electron chi connectivity index (χ0n) is 12.4. The zero-order chi connectivity index (χ0) is 15.2. The minimum atomic E-state index is -4.25. The van der Waals surface area contributed by atoms with Crippen LogP contribution >= 0.6 is 0 Å². The molecule has 1 nitrogen and oxygen atoms in total. The lowest BCUT2D eigenvalue weighted by Gasteiger charge is -2.24. The van der Waals surface area contributed by atoms with Crippen molar-refractivity contribution in [2.75, 3.05) is 6.54 Å². The van der Waals surface area contributed by atoms with E-state index in [4.69, 9.17) is 0 Å². The number of halogens is 3. The van der Waals surface area contributed by atoms with Gasteiger partial charge in [-0.25, -0.2) is 0 Å². The summed E-state index contributed by atoms with van der Waals surface area (Å²) in [5.41, 5.74) is 0.390. The van der Waals surface area contributed by atoms with Crippen molar-refractivity contribution >= 4 is 0 Å². The summed E-state index contributed by atoms with van der Waals surface area (Å²) in [6.45, 7) is 7.37. The number of nitrogens with one attached hydrogen (secondary N) is 1. The van der Waals surface area contributed by atoms with Crippen LogP contribution in [0.5, 0.6) is 0 Å². The topological polar surface area (TPSA) is 12.0 Å². The fourth-order valence-corrected chi connectivity index (χ4v) is 2.35. The van der Waals surface area contributed by atoms with Crippen LogP contribution in [-0.2, 0) is 12.6 Å². The van der Waals surface area contributed by atoms with Gasteiger partial charge in [0, 0.05) is 6.04 Å². The quantitative estimate of drug-likeness (QED) is 0.769. The van der Waals surface area contributed by atoms with Gasteiger partial charge in [-0.05, 0) is 49.9 Å². The molecule has 0 amide bonds. The zero-order valence-corrected chi connectivity index (χ0v) is 12.4. The normalized spacial score (nSPS) is 15.1. The molecule has 0 aliphatic carbocycles. The highest BCUT2D eigenvalue weighted by Gasteiger charge is 2.30. The monoisotopic (exact) mass is 287 g/mol. The average molecular weight is 287 g/mol. The number of hydrogen-bond donors (Lipinski definition) is 1. The van der Waals surface area contributed by atoms with Gasteiger partial charge < -0.3 is 5.32 Å². The van der Waals surface area contributed by atoms with Gasteiger partial charge in [-0.2, -0.15) is 13.2 Å². The van der Waals surface area contributed by atoms with Gasteiger partial charge in [0.15, 0.2) is 0 Å². The summed E-state index contributed by atoms with van der Waals surface area (Å²) in [5.74, 6) is 0.443. The maximum atomic E-state index is 12.5. The van der Waals surface area contributed by atoms with Gasteiger partial charge in [-0.1, -0.05) is 32.4 Å². The molecule has 2 atom stereocenters. The molecule has 2 unspecified atom stereocenters. The summed E-state index contributed by atoms with van der Waals surface area (Å²) in [6.07, 6.45) is -1.34. The molecule has 0 spiro atoms. The van der Waals surface area contributed by atoms with E-state index in [1.807, 2.05) is 0 Å². The number of rotatable bonds is 7. The van der Waals surface area contributed by atoms with E-state index >= 15 is 0 Å². The van der Waals surface area contributed by atoms with E-state index in [1.165, 1.54) is 12.1 Å². The van der Waals surface area contributed by atoms with Crippen molar-refractivity contribution < 1.29 is 13.2 Å². The molecule has 0 saturated heterocycles. The second kappa shape index (κ2) is 7.67. The minimum absolute atomic E-state index is 0.377. The largest absolute Gasteiger partial charge is 0.416 e. The molecular formula is C16H24F3N. The Labute approximate surface area is 119 Å². The fourth-order valence-electron chi connectivity index (χ4n) is 2.35. The molecule has 0 aliphatic rings. The Bertz CT molecular complexity index is 384. The van der Waals surface area contributed by atoms with Crippen LogP contribution < -0.4 is 5.32 Å². The lowest BCUT2D eigenvalue weighted by molar-refractivity contribution is -0.137. The summed E-state index contributed by atoms with van der Waals surface area (Å²) >= 11 is 0.